The molecule has 0 fully saturated rings. The smallest absolute Gasteiger partial charge is 0.210 e. The van der Waals surface area contributed by atoms with E-state index in [4.69, 9.17) is 0 Å². The summed E-state index contributed by atoms with van der Waals surface area (Å²) < 4.78 is 0. The molecule has 0 aliphatic carbocycles. The van der Waals surface area contributed by atoms with Crippen LogP contribution in [0.15, 0.2) is 86.7 Å². The van der Waals surface area contributed by atoms with E-state index in [-0.39, 0.29) is 5.78 Å². The van der Waals surface area contributed by atoms with E-state index >= 15 is 0 Å². The van der Waals surface area contributed by atoms with Gasteiger partial charge in [0, 0.05) is 11.1 Å². The lowest BCUT2D eigenvalue weighted by atomic mass is 10.1. The molecule has 0 atom stereocenters. The van der Waals surface area contributed by atoms with Crippen LogP contribution in [0.2, 0.25) is 0 Å². The number of hydrogen-bond donors (Lipinski definition) is 1. The predicted molar refractivity (Wildman–Crippen MR) is 88.9 cm³/mol. The second kappa shape index (κ2) is 8.27. The van der Waals surface area contributed by atoms with Gasteiger partial charge in [-0.1, -0.05) is 74.9 Å². The number of nitrogens with zero attached hydrogens (tertiary/aromatic N) is 1. The molecular weight excluding hydrogens is 260 g/mol. The van der Waals surface area contributed by atoms with Crippen molar-refractivity contribution in [1.82, 2.24) is 9.97 Å². The molecule has 0 aliphatic heterocycles. The summed E-state index contributed by atoms with van der Waals surface area (Å²) in [6.07, 6.45) is 14.9. The van der Waals surface area contributed by atoms with E-state index in [0.29, 0.717) is 17.1 Å². The SMILES string of the molecule is C=C/C=C\C(=C/C=C)c1ncc(C(=O)/C(C=C)=C/C=C)[nH]1. The Hall–Kier alpha value is -2.94. The first-order chi connectivity index (χ1) is 10.2. The van der Waals surface area contributed by atoms with Crippen LogP contribution in [0, 0.1) is 0 Å². The summed E-state index contributed by atoms with van der Waals surface area (Å²) in [6.45, 7) is 14.5. The summed E-state index contributed by atoms with van der Waals surface area (Å²) in [5.74, 6) is 0.396. The topological polar surface area (TPSA) is 45.8 Å². The fourth-order valence-electron chi connectivity index (χ4n) is 1.61. The van der Waals surface area contributed by atoms with Crippen LogP contribution in [0.25, 0.3) is 5.57 Å². The van der Waals surface area contributed by atoms with Crippen LogP contribution in [0.5, 0.6) is 0 Å². The Kier molecular flexibility index (Phi) is 6.35. The van der Waals surface area contributed by atoms with Gasteiger partial charge < -0.3 is 4.98 Å². The molecule has 3 heteroatoms. The number of imidazole rings is 1. The van der Waals surface area contributed by atoms with Gasteiger partial charge in [0.05, 0.1) is 6.20 Å². The molecule has 0 saturated heterocycles. The van der Waals surface area contributed by atoms with Gasteiger partial charge in [0.1, 0.15) is 11.5 Å². The number of allylic oxidation sites excluding steroid dienone is 10. The minimum Gasteiger partial charge on any atom is -0.335 e. The lowest BCUT2D eigenvalue weighted by Gasteiger charge is -1.98. The summed E-state index contributed by atoms with van der Waals surface area (Å²) in [5.41, 5.74) is 1.65. The highest BCUT2D eigenvalue weighted by Gasteiger charge is 2.13. The lowest BCUT2D eigenvalue weighted by molar-refractivity contribution is 0.103. The zero-order valence-corrected chi connectivity index (χ0v) is 11.9. The molecule has 1 rings (SSSR count). The van der Waals surface area contributed by atoms with E-state index in [1.54, 1.807) is 36.5 Å². The summed E-state index contributed by atoms with van der Waals surface area (Å²) in [7, 11) is 0. The molecular formula is C18H18N2O. The summed E-state index contributed by atoms with van der Waals surface area (Å²) in [6, 6.07) is 0. The largest absolute Gasteiger partial charge is 0.335 e. The van der Waals surface area contributed by atoms with Gasteiger partial charge in [-0.15, -0.1) is 0 Å². The van der Waals surface area contributed by atoms with Gasteiger partial charge in [0.25, 0.3) is 0 Å². The number of nitrogens with one attached hydrogen (secondary N) is 1. The van der Waals surface area contributed by atoms with Crippen molar-refractivity contribution in [2.45, 2.75) is 0 Å². The molecule has 0 aromatic carbocycles. The molecule has 0 radical (unpaired) electrons. The standard InChI is InChI=1S/C18H18N2O/c1-5-9-12-15(11-7-3)18-19-13-16(20-18)17(21)14(8-4)10-6-2/h5-13H,1-4H2,(H,19,20)/b12-9-,14-10+,15-11+. The van der Waals surface area contributed by atoms with Crippen molar-refractivity contribution in [3.63, 3.8) is 0 Å². The van der Waals surface area contributed by atoms with Gasteiger partial charge in [0.2, 0.25) is 5.78 Å². The summed E-state index contributed by atoms with van der Waals surface area (Å²) in [5, 5.41) is 0. The van der Waals surface area contributed by atoms with Crippen molar-refractivity contribution in [1.29, 1.82) is 0 Å². The molecule has 21 heavy (non-hydrogen) atoms. The number of carbonyl (C=O) groups is 1. The minimum atomic E-state index is -0.186. The van der Waals surface area contributed by atoms with Crippen LogP contribution < -0.4 is 0 Å². The van der Waals surface area contributed by atoms with Gasteiger partial charge in [-0.3, -0.25) is 4.79 Å². The average molecular weight is 278 g/mol. The zero-order chi connectivity index (χ0) is 15.7. The third-order valence-electron chi connectivity index (χ3n) is 2.58. The Balaban J connectivity index is 3.15. The van der Waals surface area contributed by atoms with Crippen molar-refractivity contribution >= 4 is 11.4 Å². The van der Waals surface area contributed by atoms with Gasteiger partial charge >= 0.3 is 0 Å². The average Bonchev–Trinajstić information content (AvgIpc) is 2.98. The first-order valence-electron chi connectivity index (χ1n) is 6.35. The molecule has 1 heterocycles. The van der Waals surface area contributed by atoms with Crippen molar-refractivity contribution in [2.75, 3.05) is 0 Å². The van der Waals surface area contributed by atoms with Crippen LogP contribution in [0.1, 0.15) is 16.3 Å². The van der Waals surface area contributed by atoms with Crippen LogP contribution in [-0.2, 0) is 0 Å². The van der Waals surface area contributed by atoms with Crippen LogP contribution in [0.3, 0.4) is 0 Å². The van der Waals surface area contributed by atoms with Crippen molar-refractivity contribution in [2.24, 2.45) is 0 Å². The van der Waals surface area contributed by atoms with Crippen LogP contribution in [0.4, 0.5) is 0 Å². The molecule has 0 bridgehead atoms. The van der Waals surface area contributed by atoms with Gasteiger partial charge in [-0.2, -0.15) is 0 Å². The monoisotopic (exact) mass is 278 g/mol. The fraction of sp³-hybridized carbons (Fsp3) is 0. The number of carbonyl (C=O) groups excluding carboxylic acids is 1. The Morgan fingerprint density at radius 2 is 1.81 bits per heavy atom. The quantitative estimate of drug-likeness (QED) is 0.440. The molecule has 1 aromatic rings. The highest BCUT2D eigenvalue weighted by molar-refractivity contribution is 6.09. The molecule has 0 spiro atoms. The Morgan fingerprint density at radius 3 is 2.38 bits per heavy atom. The molecule has 106 valence electrons. The second-order valence-electron chi connectivity index (χ2n) is 3.99. The lowest BCUT2D eigenvalue weighted by Crippen LogP contribution is -2.02. The predicted octanol–water partition coefficient (Wildman–Crippen LogP) is 4.20. The minimum absolute atomic E-state index is 0.186. The maximum Gasteiger partial charge on any atom is 0.210 e. The maximum absolute atomic E-state index is 12.2. The van der Waals surface area contributed by atoms with Crippen LogP contribution >= 0.6 is 0 Å². The molecule has 1 N–H and O–H groups in total. The van der Waals surface area contributed by atoms with E-state index in [2.05, 4.69) is 36.3 Å². The number of H-pyrrole nitrogens is 1. The normalized spacial score (nSPS) is 12.2. The Bertz CT molecular complexity index is 655. The number of hydrogen-bond acceptors (Lipinski definition) is 2. The first-order valence-corrected chi connectivity index (χ1v) is 6.35. The Labute approximate surface area is 125 Å². The third kappa shape index (κ3) is 4.28. The van der Waals surface area contributed by atoms with E-state index in [0.717, 1.165) is 5.57 Å². The fourth-order valence-corrected chi connectivity index (χ4v) is 1.61. The highest BCUT2D eigenvalue weighted by atomic mass is 16.1. The molecule has 1 aromatic heterocycles. The van der Waals surface area contributed by atoms with Gasteiger partial charge in [-0.05, 0) is 0 Å². The van der Waals surface area contributed by atoms with E-state index in [1.807, 2.05) is 6.08 Å². The molecule has 0 saturated carbocycles. The number of aromatic nitrogens is 2. The molecule has 3 nitrogen and oxygen atoms in total. The van der Waals surface area contributed by atoms with E-state index < -0.39 is 0 Å². The maximum atomic E-state index is 12.2. The zero-order valence-electron chi connectivity index (χ0n) is 11.9. The number of aromatic amines is 1. The first kappa shape index (κ1) is 16.1. The van der Waals surface area contributed by atoms with Crippen LogP contribution in [-0.4, -0.2) is 15.8 Å². The number of rotatable bonds is 8. The molecule has 0 aliphatic rings. The van der Waals surface area contributed by atoms with Gasteiger partial charge in [0.15, 0.2) is 0 Å². The van der Waals surface area contributed by atoms with Crippen molar-refractivity contribution < 1.29 is 4.79 Å². The molecule has 0 unspecified atom stereocenters. The number of Topliss-reactive ketones (excluding diaryl/α,β-unsaturated/α-hetero) is 1. The van der Waals surface area contributed by atoms with E-state index in [1.165, 1.54) is 12.3 Å². The van der Waals surface area contributed by atoms with Crippen molar-refractivity contribution in [3.05, 3.63) is 98.2 Å². The summed E-state index contributed by atoms with van der Waals surface area (Å²) in [4.78, 5) is 19.5. The van der Waals surface area contributed by atoms with E-state index in [9.17, 15) is 4.79 Å². The third-order valence-corrected chi connectivity index (χ3v) is 2.58. The Morgan fingerprint density at radius 1 is 1.10 bits per heavy atom. The number of ketones is 1. The second-order valence-corrected chi connectivity index (χ2v) is 3.99. The summed E-state index contributed by atoms with van der Waals surface area (Å²) >= 11 is 0. The molecule has 0 amide bonds. The van der Waals surface area contributed by atoms with Gasteiger partial charge in [-0.25, -0.2) is 4.98 Å². The van der Waals surface area contributed by atoms with Crippen molar-refractivity contribution in [3.8, 4) is 0 Å². The highest BCUT2D eigenvalue weighted by Crippen LogP contribution is 2.15.